The summed E-state index contributed by atoms with van der Waals surface area (Å²) in [5.41, 5.74) is 1.01. The summed E-state index contributed by atoms with van der Waals surface area (Å²) in [6, 6.07) is 0. The molecule has 1 amide bonds. The summed E-state index contributed by atoms with van der Waals surface area (Å²) >= 11 is 1.48. The number of rotatable bonds is 4. The van der Waals surface area contributed by atoms with Crippen LogP contribution in [0, 0.1) is 12.8 Å². The van der Waals surface area contributed by atoms with Gasteiger partial charge >= 0.3 is 0 Å². The molecule has 2 aromatic heterocycles. The molecule has 6 nitrogen and oxygen atoms in total. The Morgan fingerprint density at radius 1 is 1.29 bits per heavy atom. The first-order chi connectivity index (χ1) is 11.6. The topological polar surface area (TPSA) is 61.4 Å². The molecule has 0 bridgehead atoms. The summed E-state index contributed by atoms with van der Waals surface area (Å²) in [4.78, 5) is 27.8. The number of nitrogens with one attached hydrogen (secondary N) is 1. The molecule has 24 heavy (non-hydrogen) atoms. The van der Waals surface area contributed by atoms with Crippen LogP contribution < -0.4 is 10.2 Å². The minimum absolute atomic E-state index is 0.0340. The second kappa shape index (κ2) is 6.29. The third-order valence-electron chi connectivity index (χ3n) is 4.96. The van der Waals surface area contributed by atoms with Gasteiger partial charge < -0.3 is 15.1 Å². The number of carbonyl (C=O) groups excluding carboxylic acids is 1. The number of amides is 1. The van der Waals surface area contributed by atoms with E-state index in [2.05, 4.69) is 32.1 Å². The fourth-order valence-electron chi connectivity index (χ4n) is 3.17. The minimum Gasteiger partial charge on any atom is -0.353 e. The standard InChI is InChI=1S/C17H23N5OS/c1-11-13-15(22-7-5-21(2)6-8-22)19-10-20-17(13)24-14(11)16(23)18-9-12-3-4-12/h10,12H,3-9H2,1-2H3,(H,18,23). The molecule has 0 atom stereocenters. The van der Waals surface area contributed by atoms with E-state index in [1.54, 1.807) is 6.33 Å². The highest BCUT2D eigenvalue weighted by Crippen LogP contribution is 2.35. The number of fused-ring (bicyclic) bond motifs is 1. The Labute approximate surface area is 145 Å². The van der Waals surface area contributed by atoms with Gasteiger partial charge in [0.15, 0.2) is 0 Å². The highest BCUT2D eigenvalue weighted by Gasteiger charge is 2.25. The van der Waals surface area contributed by atoms with Crippen LogP contribution in [-0.4, -0.2) is 60.5 Å². The molecule has 1 aliphatic heterocycles. The Bertz CT molecular complexity index is 762. The molecule has 2 fully saturated rings. The van der Waals surface area contributed by atoms with Crippen molar-refractivity contribution < 1.29 is 4.79 Å². The van der Waals surface area contributed by atoms with Gasteiger partial charge in [-0.05, 0) is 38.3 Å². The zero-order chi connectivity index (χ0) is 16.7. The monoisotopic (exact) mass is 345 g/mol. The first-order valence-corrected chi connectivity index (χ1v) is 9.41. The molecule has 1 aliphatic carbocycles. The van der Waals surface area contributed by atoms with E-state index < -0.39 is 0 Å². The summed E-state index contributed by atoms with van der Waals surface area (Å²) in [5.74, 6) is 1.69. The predicted octanol–water partition coefficient (Wildman–Crippen LogP) is 1.89. The van der Waals surface area contributed by atoms with Crippen LogP contribution in [0.3, 0.4) is 0 Å². The highest BCUT2D eigenvalue weighted by atomic mass is 32.1. The minimum atomic E-state index is 0.0340. The molecule has 0 aromatic carbocycles. The van der Waals surface area contributed by atoms with E-state index in [9.17, 15) is 4.79 Å². The van der Waals surface area contributed by atoms with Gasteiger partial charge in [0.2, 0.25) is 0 Å². The number of hydrogen-bond donors (Lipinski definition) is 1. The van der Waals surface area contributed by atoms with Crippen molar-refractivity contribution in [2.24, 2.45) is 5.92 Å². The van der Waals surface area contributed by atoms with Crippen LogP contribution in [0.25, 0.3) is 10.2 Å². The Kier molecular flexibility index (Phi) is 4.14. The molecule has 0 spiro atoms. The van der Waals surface area contributed by atoms with Crippen molar-refractivity contribution in [3.63, 3.8) is 0 Å². The SMILES string of the molecule is Cc1c(C(=O)NCC2CC2)sc2ncnc(N3CCN(C)CC3)c12. The average Bonchev–Trinajstić information content (AvgIpc) is 3.36. The van der Waals surface area contributed by atoms with Gasteiger partial charge in [-0.1, -0.05) is 0 Å². The molecule has 2 aromatic rings. The van der Waals surface area contributed by atoms with Crippen molar-refractivity contribution in [1.82, 2.24) is 20.2 Å². The van der Waals surface area contributed by atoms with Crippen molar-refractivity contribution in [1.29, 1.82) is 0 Å². The molecule has 7 heteroatoms. The van der Waals surface area contributed by atoms with E-state index in [0.717, 1.165) is 59.2 Å². The maximum absolute atomic E-state index is 12.5. The lowest BCUT2D eigenvalue weighted by atomic mass is 10.1. The zero-order valence-corrected chi connectivity index (χ0v) is 15.0. The maximum Gasteiger partial charge on any atom is 0.261 e. The van der Waals surface area contributed by atoms with E-state index in [1.165, 1.54) is 24.2 Å². The lowest BCUT2D eigenvalue weighted by molar-refractivity contribution is 0.0955. The molecule has 0 radical (unpaired) electrons. The molecule has 128 valence electrons. The van der Waals surface area contributed by atoms with E-state index >= 15 is 0 Å². The van der Waals surface area contributed by atoms with Gasteiger partial charge in [0.25, 0.3) is 5.91 Å². The van der Waals surface area contributed by atoms with E-state index in [-0.39, 0.29) is 5.91 Å². The van der Waals surface area contributed by atoms with Crippen LogP contribution in [0.2, 0.25) is 0 Å². The first-order valence-electron chi connectivity index (χ1n) is 8.59. The van der Waals surface area contributed by atoms with E-state index in [0.29, 0.717) is 5.92 Å². The van der Waals surface area contributed by atoms with Gasteiger partial charge in [-0.15, -0.1) is 11.3 Å². The molecule has 0 unspecified atom stereocenters. The number of aryl methyl sites for hydroxylation is 1. The highest BCUT2D eigenvalue weighted by molar-refractivity contribution is 7.20. The maximum atomic E-state index is 12.5. The second-order valence-corrected chi connectivity index (χ2v) is 7.88. The summed E-state index contributed by atoms with van der Waals surface area (Å²) in [5, 5.41) is 4.12. The molecule has 3 heterocycles. The summed E-state index contributed by atoms with van der Waals surface area (Å²) in [6.45, 7) is 6.80. The largest absolute Gasteiger partial charge is 0.353 e. The number of nitrogens with zero attached hydrogens (tertiary/aromatic N) is 4. The van der Waals surface area contributed by atoms with Crippen molar-refractivity contribution in [3.8, 4) is 0 Å². The molecule has 2 aliphatic rings. The van der Waals surface area contributed by atoms with Gasteiger partial charge in [-0.25, -0.2) is 9.97 Å². The Morgan fingerprint density at radius 3 is 2.75 bits per heavy atom. The van der Waals surface area contributed by atoms with Gasteiger partial charge in [-0.2, -0.15) is 0 Å². The second-order valence-electron chi connectivity index (χ2n) is 6.88. The van der Waals surface area contributed by atoms with E-state index in [4.69, 9.17) is 0 Å². The van der Waals surface area contributed by atoms with Crippen LogP contribution in [0.5, 0.6) is 0 Å². The lowest BCUT2D eigenvalue weighted by Crippen LogP contribution is -2.44. The number of likely N-dealkylation sites (N-methyl/N-ethyl adjacent to an activating group) is 1. The van der Waals surface area contributed by atoms with Gasteiger partial charge in [0.1, 0.15) is 17.0 Å². The van der Waals surface area contributed by atoms with Crippen molar-refractivity contribution >= 4 is 33.3 Å². The van der Waals surface area contributed by atoms with Crippen LogP contribution in [0.4, 0.5) is 5.82 Å². The molecular weight excluding hydrogens is 322 g/mol. The number of anilines is 1. The Hall–Kier alpha value is -1.73. The fourth-order valence-corrected chi connectivity index (χ4v) is 4.23. The molecule has 1 N–H and O–H groups in total. The number of piperazine rings is 1. The molecule has 1 saturated heterocycles. The molecule has 4 rings (SSSR count). The van der Waals surface area contributed by atoms with Gasteiger partial charge in [0.05, 0.1) is 10.3 Å². The third-order valence-corrected chi connectivity index (χ3v) is 6.16. The smallest absolute Gasteiger partial charge is 0.261 e. The third kappa shape index (κ3) is 2.98. The fraction of sp³-hybridized carbons (Fsp3) is 0.588. The van der Waals surface area contributed by atoms with Gasteiger partial charge in [-0.3, -0.25) is 4.79 Å². The quantitative estimate of drug-likeness (QED) is 0.917. The normalized spacial score (nSPS) is 19.0. The Morgan fingerprint density at radius 2 is 2.04 bits per heavy atom. The summed E-state index contributed by atoms with van der Waals surface area (Å²) < 4.78 is 0. The van der Waals surface area contributed by atoms with Crippen molar-refractivity contribution in [2.45, 2.75) is 19.8 Å². The van der Waals surface area contributed by atoms with Gasteiger partial charge in [0, 0.05) is 32.7 Å². The number of thiophene rings is 1. The number of carbonyl (C=O) groups is 1. The first kappa shape index (κ1) is 15.8. The van der Waals surface area contributed by atoms with Crippen LogP contribution in [0.1, 0.15) is 28.1 Å². The van der Waals surface area contributed by atoms with Crippen molar-refractivity contribution in [3.05, 3.63) is 16.8 Å². The zero-order valence-electron chi connectivity index (χ0n) is 14.2. The number of aromatic nitrogens is 2. The predicted molar refractivity (Wildman–Crippen MR) is 96.9 cm³/mol. The van der Waals surface area contributed by atoms with Crippen LogP contribution in [-0.2, 0) is 0 Å². The summed E-state index contributed by atoms with van der Waals surface area (Å²) in [7, 11) is 2.14. The Balaban J connectivity index is 1.64. The van der Waals surface area contributed by atoms with Crippen molar-refractivity contribution in [2.75, 3.05) is 44.7 Å². The number of hydrogen-bond acceptors (Lipinski definition) is 6. The lowest BCUT2D eigenvalue weighted by Gasteiger charge is -2.33. The molecule has 1 saturated carbocycles. The summed E-state index contributed by atoms with van der Waals surface area (Å²) in [6.07, 6.45) is 4.10. The average molecular weight is 345 g/mol. The molecular formula is C17H23N5OS. The van der Waals surface area contributed by atoms with E-state index in [1.807, 2.05) is 6.92 Å². The van der Waals surface area contributed by atoms with Crippen LogP contribution in [0.15, 0.2) is 6.33 Å². The van der Waals surface area contributed by atoms with Crippen LogP contribution >= 0.6 is 11.3 Å².